The van der Waals surface area contributed by atoms with Gasteiger partial charge in [0, 0.05) is 17.9 Å². The molecule has 0 aliphatic carbocycles. The summed E-state index contributed by atoms with van der Waals surface area (Å²) < 4.78 is 5.34. The van der Waals surface area contributed by atoms with E-state index in [2.05, 4.69) is 44.9 Å². The molecule has 2 heterocycles. The summed E-state index contributed by atoms with van der Waals surface area (Å²) in [5.41, 5.74) is 2.15. The molecule has 0 radical (unpaired) electrons. The van der Waals surface area contributed by atoms with Crippen molar-refractivity contribution in [3.8, 4) is 11.3 Å². The second-order valence-corrected chi connectivity index (χ2v) is 5.64. The van der Waals surface area contributed by atoms with Gasteiger partial charge in [0.1, 0.15) is 5.01 Å². The number of thiazole rings is 1. The van der Waals surface area contributed by atoms with Gasteiger partial charge >= 0.3 is 0 Å². The highest BCUT2D eigenvalue weighted by Gasteiger charge is 2.12. The van der Waals surface area contributed by atoms with Gasteiger partial charge in [-0.15, -0.1) is 21.5 Å². The second kappa shape index (κ2) is 6.15. The molecule has 3 aromatic rings. The molecule has 0 saturated carbocycles. The van der Waals surface area contributed by atoms with Crippen molar-refractivity contribution in [3.63, 3.8) is 0 Å². The van der Waals surface area contributed by atoms with Crippen molar-refractivity contribution in [1.82, 2.24) is 20.5 Å². The van der Waals surface area contributed by atoms with Gasteiger partial charge in [-0.05, 0) is 6.92 Å². The van der Waals surface area contributed by atoms with Crippen LogP contribution in [0.4, 0.5) is 0 Å². The molecule has 0 fully saturated rings. The van der Waals surface area contributed by atoms with E-state index in [1.54, 1.807) is 18.3 Å². The Kier molecular flexibility index (Phi) is 4.08. The quantitative estimate of drug-likeness (QED) is 0.783. The van der Waals surface area contributed by atoms with Crippen LogP contribution in [-0.4, -0.2) is 15.2 Å². The van der Waals surface area contributed by atoms with Gasteiger partial charge in [-0.2, -0.15) is 0 Å². The lowest BCUT2D eigenvalue weighted by molar-refractivity contribution is 0.430. The van der Waals surface area contributed by atoms with Crippen molar-refractivity contribution in [3.05, 3.63) is 52.5 Å². The first-order chi connectivity index (χ1) is 10.2. The lowest BCUT2D eigenvalue weighted by Gasteiger charge is -2.08. The molecular formula is C15H16N4OS. The number of nitrogens with zero attached hydrogens (tertiary/aromatic N) is 3. The molecule has 2 aromatic heterocycles. The lowest BCUT2D eigenvalue weighted by Crippen LogP contribution is -2.18. The molecule has 1 unspecified atom stereocenters. The van der Waals surface area contributed by atoms with Crippen LogP contribution in [0.25, 0.3) is 11.3 Å². The summed E-state index contributed by atoms with van der Waals surface area (Å²) in [4.78, 5) is 4.69. The predicted molar refractivity (Wildman–Crippen MR) is 81.8 cm³/mol. The van der Waals surface area contributed by atoms with Crippen molar-refractivity contribution in [1.29, 1.82) is 0 Å². The highest BCUT2D eigenvalue weighted by atomic mass is 32.1. The lowest BCUT2D eigenvalue weighted by atomic mass is 10.2. The first-order valence-corrected chi connectivity index (χ1v) is 7.63. The molecule has 1 N–H and O–H groups in total. The van der Waals surface area contributed by atoms with Gasteiger partial charge in [0.05, 0.1) is 18.3 Å². The predicted octanol–water partition coefficient (Wildman–Crippen LogP) is 3.35. The fourth-order valence-corrected chi connectivity index (χ4v) is 2.82. The van der Waals surface area contributed by atoms with Gasteiger partial charge < -0.3 is 4.42 Å². The summed E-state index contributed by atoms with van der Waals surface area (Å²) in [6, 6.07) is 10.3. The molecule has 1 atom stereocenters. The van der Waals surface area contributed by atoms with Crippen molar-refractivity contribution >= 4 is 11.3 Å². The molecule has 0 saturated heterocycles. The standard InChI is InChI=1S/C15H16N4OS/c1-10(16-8-14-19-18-11(2)20-14)15-17-13(9-21-15)12-6-4-3-5-7-12/h3-7,9-10,16H,8H2,1-2H3. The van der Waals surface area contributed by atoms with Crippen LogP contribution in [-0.2, 0) is 6.54 Å². The number of aromatic nitrogens is 3. The molecule has 0 aliphatic rings. The third kappa shape index (κ3) is 3.34. The van der Waals surface area contributed by atoms with E-state index in [-0.39, 0.29) is 6.04 Å². The van der Waals surface area contributed by atoms with E-state index in [1.807, 2.05) is 18.2 Å². The summed E-state index contributed by atoms with van der Waals surface area (Å²) in [6.45, 7) is 4.41. The minimum atomic E-state index is 0.139. The monoisotopic (exact) mass is 300 g/mol. The number of hydrogen-bond acceptors (Lipinski definition) is 6. The Morgan fingerprint density at radius 2 is 2.05 bits per heavy atom. The minimum absolute atomic E-state index is 0.139. The molecule has 0 spiro atoms. The summed E-state index contributed by atoms with van der Waals surface area (Å²) in [5, 5.41) is 14.3. The Morgan fingerprint density at radius 3 is 2.76 bits per heavy atom. The van der Waals surface area contributed by atoms with Gasteiger partial charge in [0.15, 0.2) is 0 Å². The van der Waals surface area contributed by atoms with Crippen LogP contribution in [0.2, 0.25) is 0 Å². The smallest absolute Gasteiger partial charge is 0.230 e. The number of benzene rings is 1. The van der Waals surface area contributed by atoms with Crippen molar-refractivity contribution in [2.45, 2.75) is 26.4 Å². The minimum Gasteiger partial charge on any atom is -0.424 e. The number of hydrogen-bond donors (Lipinski definition) is 1. The average Bonchev–Trinajstić information content (AvgIpc) is 3.15. The summed E-state index contributed by atoms with van der Waals surface area (Å²) in [5.74, 6) is 1.18. The molecule has 0 bridgehead atoms. The average molecular weight is 300 g/mol. The molecule has 21 heavy (non-hydrogen) atoms. The molecular weight excluding hydrogens is 284 g/mol. The van der Waals surface area contributed by atoms with E-state index in [9.17, 15) is 0 Å². The van der Waals surface area contributed by atoms with E-state index in [1.165, 1.54) is 0 Å². The highest BCUT2D eigenvalue weighted by molar-refractivity contribution is 7.10. The molecule has 6 heteroatoms. The normalized spacial score (nSPS) is 12.5. The van der Waals surface area contributed by atoms with Crippen LogP contribution < -0.4 is 5.32 Å². The molecule has 0 aliphatic heterocycles. The van der Waals surface area contributed by atoms with Gasteiger partial charge in [-0.1, -0.05) is 30.3 Å². The van der Waals surface area contributed by atoms with Crippen molar-refractivity contribution in [2.24, 2.45) is 0 Å². The molecule has 3 rings (SSSR count). The Labute approximate surface area is 127 Å². The van der Waals surface area contributed by atoms with E-state index in [4.69, 9.17) is 4.42 Å². The van der Waals surface area contributed by atoms with Crippen LogP contribution in [0, 0.1) is 6.92 Å². The Balaban J connectivity index is 1.65. The van der Waals surface area contributed by atoms with E-state index in [0.717, 1.165) is 16.3 Å². The Bertz CT molecular complexity index is 707. The zero-order valence-electron chi connectivity index (χ0n) is 11.9. The van der Waals surface area contributed by atoms with Crippen LogP contribution >= 0.6 is 11.3 Å². The van der Waals surface area contributed by atoms with Crippen LogP contribution in [0.3, 0.4) is 0 Å². The Hall–Kier alpha value is -2.05. The van der Waals surface area contributed by atoms with Gasteiger partial charge in [0.2, 0.25) is 11.8 Å². The summed E-state index contributed by atoms with van der Waals surface area (Å²) in [7, 11) is 0. The third-order valence-corrected chi connectivity index (χ3v) is 4.12. The zero-order valence-corrected chi connectivity index (χ0v) is 12.7. The van der Waals surface area contributed by atoms with Crippen molar-refractivity contribution < 1.29 is 4.42 Å². The first-order valence-electron chi connectivity index (χ1n) is 6.75. The topological polar surface area (TPSA) is 63.8 Å². The largest absolute Gasteiger partial charge is 0.424 e. The second-order valence-electron chi connectivity index (χ2n) is 4.75. The van der Waals surface area contributed by atoms with Gasteiger partial charge in [-0.25, -0.2) is 4.98 Å². The molecule has 5 nitrogen and oxygen atoms in total. The van der Waals surface area contributed by atoms with E-state index >= 15 is 0 Å². The summed E-state index contributed by atoms with van der Waals surface area (Å²) in [6.07, 6.45) is 0. The van der Waals surface area contributed by atoms with Crippen molar-refractivity contribution in [2.75, 3.05) is 0 Å². The maximum absolute atomic E-state index is 5.34. The highest BCUT2D eigenvalue weighted by Crippen LogP contribution is 2.25. The van der Waals surface area contributed by atoms with Gasteiger partial charge in [-0.3, -0.25) is 5.32 Å². The fraction of sp³-hybridized carbons (Fsp3) is 0.267. The fourth-order valence-electron chi connectivity index (χ4n) is 1.96. The first kappa shape index (κ1) is 13.9. The van der Waals surface area contributed by atoms with Crippen LogP contribution in [0.1, 0.15) is 29.8 Å². The maximum Gasteiger partial charge on any atom is 0.230 e. The van der Waals surface area contributed by atoms with Crippen LogP contribution in [0.15, 0.2) is 40.1 Å². The van der Waals surface area contributed by atoms with E-state index < -0.39 is 0 Å². The zero-order chi connectivity index (χ0) is 14.7. The molecule has 0 amide bonds. The number of aryl methyl sites for hydroxylation is 1. The van der Waals surface area contributed by atoms with Gasteiger partial charge in [0.25, 0.3) is 0 Å². The Morgan fingerprint density at radius 1 is 1.24 bits per heavy atom. The number of rotatable bonds is 5. The molecule has 1 aromatic carbocycles. The third-order valence-electron chi connectivity index (χ3n) is 3.09. The maximum atomic E-state index is 5.34. The van der Waals surface area contributed by atoms with Crippen LogP contribution in [0.5, 0.6) is 0 Å². The number of nitrogens with one attached hydrogen (secondary N) is 1. The summed E-state index contributed by atoms with van der Waals surface area (Å²) >= 11 is 1.65. The SMILES string of the molecule is Cc1nnc(CNC(C)c2nc(-c3ccccc3)cs2)o1. The molecule has 108 valence electrons. The van der Waals surface area contributed by atoms with E-state index in [0.29, 0.717) is 18.3 Å².